The van der Waals surface area contributed by atoms with Crippen molar-refractivity contribution in [1.82, 2.24) is 0 Å². The van der Waals surface area contributed by atoms with Gasteiger partial charge in [0.05, 0.1) is 11.5 Å². The Hall–Kier alpha value is -1.64. The highest BCUT2D eigenvalue weighted by atomic mass is 32.2. The van der Waals surface area contributed by atoms with E-state index in [0.717, 1.165) is 0 Å². The number of rotatable bonds is 12. The third-order valence-corrected chi connectivity index (χ3v) is 6.02. The van der Waals surface area contributed by atoms with Crippen LogP contribution in [0.2, 0.25) is 0 Å². The van der Waals surface area contributed by atoms with Crippen LogP contribution in [0.3, 0.4) is 0 Å². The van der Waals surface area contributed by atoms with Gasteiger partial charge in [-0.15, -0.1) is 0 Å². The summed E-state index contributed by atoms with van der Waals surface area (Å²) in [5, 5.41) is 0. The lowest BCUT2D eigenvalue weighted by Gasteiger charge is -2.09. The van der Waals surface area contributed by atoms with Crippen molar-refractivity contribution in [3.8, 4) is 0 Å². The molecule has 2 saturated heterocycles. The molecular weight excluding hydrogens is 412 g/mol. The van der Waals surface area contributed by atoms with Crippen LogP contribution in [0.4, 0.5) is 9.59 Å². The Morgan fingerprint density at radius 1 is 0.741 bits per heavy atom. The van der Waals surface area contributed by atoms with Gasteiger partial charge in [-0.05, 0) is 12.8 Å². The largest absolute Gasteiger partial charge is 0.508 e. The first-order chi connectivity index (χ1) is 12.7. The molecule has 0 radical (unpaired) electrons. The SMILES string of the molecule is O=C1OCC(COS(=O)(=O)CCCCCS(=O)(=O)OCC2COC(=O)O2)O1. The number of cyclic esters (lactones) is 4. The van der Waals surface area contributed by atoms with Gasteiger partial charge >= 0.3 is 12.3 Å². The van der Waals surface area contributed by atoms with Gasteiger partial charge in [-0.25, -0.2) is 9.59 Å². The number of carbonyl (C=O) groups is 2. The normalized spacial score (nSPS) is 22.8. The molecule has 2 unspecified atom stereocenters. The van der Waals surface area contributed by atoms with Crippen LogP contribution in [-0.2, 0) is 47.5 Å². The van der Waals surface area contributed by atoms with Crippen LogP contribution in [0.25, 0.3) is 0 Å². The molecule has 0 aromatic heterocycles. The van der Waals surface area contributed by atoms with E-state index in [1.54, 1.807) is 0 Å². The van der Waals surface area contributed by atoms with Crippen molar-refractivity contribution in [3.63, 3.8) is 0 Å². The van der Waals surface area contributed by atoms with Crippen molar-refractivity contribution in [2.24, 2.45) is 0 Å². The average molecular weight is 432 g/mol. The molecule has 2 atom stereocenters. The fraction of sp³-hybridized carbons (Fsp3) is 0.846. The van der Waals surface area contributed by atoms with Gasteiger partial charge in [-0.3, -0.25) is 8.37 Å². The van der Waals surface area contributed by atoms with Gasteiger partial charge in [0, 0.05) is 0 Å². The molecular formula is C13H20O12S2. The fourth-order valence-electron chi connectivity index (χ4n) is 2.11. The third kappa shape index (κ3) is 8.28. The molecule has 0 amide bonds. The highest BCUT2D eigenvalue weighted by Crippen LogP contribution is 2.11. The zero-order valence-corrected chi connectivity index (χ0v) is 15.9. The highest BCUT2D eigenvalue weighted by molar-refractivity contribution is 7.86. The summed E-state index contributed by atoms with van der Waals surface area (Å²) in [5.74, 6) is -0.602. The van der Waals surface area contributed by atoms with E-state index in [1.165, 1.54) is 0 Å². The molecule has 0 aromatic rings. The Morgan fingerprint density at radius 2 is 1.15 bits per heavy atom. The zero-order valence-electron chi connectivity index (χ0n) is 14.2. The van der Waals surface area contributed by atoms with Gasteiger partial charge in [0.15, 0.2) is 12.2 Å². The maximum Gasteiger partial charge on any atom is 0.508 e. The summed E-state index contributed by atoms with van der Waals surface area (Å²) in [4.78, 5) is 21.4. The predicted molar refractivity (Wildman–Crippen MR) is 85.8 cm³/mol. The quantitative estimate of drug-likeness (QED) is 0.230. The standard InChI is InChI=1S/C13H20O12S2/c14-12-20-6-10(24-12)8-22-26(16,17)4-2-1-3-5-27(18,19)23-9-11-7-21-13(15)25-11/h10-11H,1-9H2. The molecule has 156 valence electrons. The van der Waals surface area contributed by atoms with Gasteiger partial charge in [0.1, 0.15) is 26.4 Å². The van der Waals surface area contributed by atoms with E-state index in [1.807, 2.05) is 0 Å². The number of carbonyl (C=O) groups excluding carboxylic acids is 2. The summed E-state index contributed by atoms with van der Waals surface area (Å²) >= 11 is 0. The molecule has 2 heterocycles. The van der Waals surface area contributed by atoms with Crippen LogP contribution in [0.1, 0.15) is 19.3 Å². The number of hydrogen-bond acceptors (Lipinski definition) is 12. The number of ether oxygens (including phenoxy) is 4. The molecule has 27 heavy (non-hydrogen) atoms. The van der Waals surface area contributed by atoms with Crippen LogP contribution >= 0.6 is 0 Å². The van der Waals surface area contributed by atoms with Crippen LogP contribution in [-0.4, -0.2) is 79.3 Å². The summed E-state index contributed by atoms with van der Waals surface area (Å²) < 4.78 is 74.6. The molecule has 2 fully saturated rings. The summed E-state index contributed by atoms with van der Waals surface area (Å²) in [6, 6.07) is 0. The maximum atomic E-state index is 11.7. The molecule has 14 heteroatoms. The second-order valence-corrected chi connectivity index (χ2v) is 9.27. The lowest BCUT2D eigenvalue weighted by molar-refractivity contribution is 0.0992. The van der Waals surface area contributed by atoms with Gasteiger partial charge < -0.3 is 18.9 Å². The minimum Gasteiger partial charge on any atom is -0.430 e. The van der Waals surface area contributed by atoms with E-state index < -0.39 is 44.8 Å². The van der Waals surface area contributed by atoms with Crippen LogP contribution in [0, 0.1) is 0 Å². The molecule has 2 aliphatic heterocycles. The van der Waals surface area contributed by atoms with E-state index in [-0.39, 0.29) is 50.8 Å². The molecule has 0 N–H and O–H groups in total. The first kappa shape index (κ1) is 21.7. The third-order valence-electron chi connectivity index (χ3n) is 3.46. The Labute approximate surface area is 156 Å². The van der Waals surface area contributed by atoms with E-state index in [2.05, 4.69) is 18.9 Å². The zero-order chi connectivity index (χ0) is 19.9. The molecule has 0 bridgehead atoms. The van der Waals surface area contributed by atoms with E-state index in [0.29, 0.717) is 6.42 Å². The van der Waals surface area contributed by atoms with Gasteiger partial charge in [-0.1, -0.05) is 6.42 Å². The smallest absolute Gasteiger partial charge is 0.430 e. The predicted octanol–water partition coefficient (Wildman–Crippen LogP) is -0.0797. The topological polar surface area (TPSA) is 158 Å². The monoisotopic (exact) mass is 432 g/mol. The van der Waals surface area contributed by atoms with Crippen LogP contribution in [0.15, 0.2) is 0 Å². The minimum absolute atomic E-state index is 0.0710. The first-order valence-electron chi connectivity index (χ1n) is 8.06. The lowest BCUT2D eigenvalue weighted by Crippen LogP contribution is -2.23. The molecule has 2 rings (SSSR count). The molecule has 2 aliphatic rings. The van der Waals surface area contributed by atoms with Crippen molar-refractivity contribution in [3.05, 3.63) is 0 Å². The average Bonchev–Trinajstić information content (AvgIpc) is 3.19. The summed E-state index contributed by atoms with van der Waals surface area (Å²) in [6.45, 7) is -0.797. The van der Waals surface area contributed by atoms with E-state index >= 15 is 0 Å². The maximum absolute atomic E-state index is 11.7. The fourth-order valence-corrected chi connectivity index (χ4v) is 4.18. The van der Waals surface area contributed by atoms with Crippen molar-refractivity contribution in [2.75, 3.05) is 37.9 Å². The summed E-state index contributed by atoms with van der Waals surface area (Å²) in [6.07, 6.45) is -2.59. The molecule has 0 spiro atoms. The lowest BCUT2D eigenvalue weighted by atomic mass is 10.3. The van der Waals surface area contributed by atoms with Crippen molar-refractivity contribution < 1.29 is 53.7 Å². The van der Waals surface area contributed by atoms with Crippen LogP contribution in [0.5, 0.6) is 0 Å². The van der Waals surface area contributed by atoms with Crippen molar-refractivity contribution in [2.45, 2.75) is 31.5 Å². The molecule has 12 nitrogen and oxygen atoms in total. The Bertz CT molecular complexity index is 666. The van der Waals surface area contributed by atoms with Crippen molar-refractivity contribution in [1.29, 1.82) is 0 Å². The van der Waals surface area contributed by atoms with E-state index in [9.17, 15) is 26.4 Å². The number of hydrogen-bond donors (Lipinski definition) is 0. The van der Waals surface area contributed by atoms with Gasteiger partial charge in [0.2, 0.25) is 0 Å². The Kier molecular flexibility index (Phi) is 7.64. The van der Waals surface area contributed by atoms with Gasteiger partial charge in [-0.2, -0.15) is 16.8 Å². The molecule has 0 saturated carbocycles. The number of unbranched alkanes of at least 4 members (excludes halogenated alkanes) is 2. The summed E-state index contributed by atoms with van der Waals surface area (Å²) in [5.41, 5.74) is 0. The van der Waals surface area contributed by atoms with E-state index in [4.69, 9.17) is 8.37 Å². The molecule has 0 aliphatic carbocycles. The minimum atomic E-state index is -3.82. The molecule has 0 aromatic carbocycles. The van der Waals surface area contributed by atoms with Crippen molar-refractivity contribution >= 4 is 32.5 Å². The van der Waals surface area contributed by atoms with Gasteiger partial charge in [0.25, 0.3) is 20.2 Å². The second-order valence-electron chi connectivity index (χ2n) is 5.76. The Morgan fingerprint density at radius 3 is 1.48 bits per heavy atom. The first-order valence-corrected chi connectivity index (χ1v) is 11.2. The van der Waals surface area contributed by atoms with Crippen LogP contribution < -0.4 is 0 Å². The second kappa shape index (κ2) is 9.52. The summed E-state index contributed by atoms with van der Waals surface area (Å²) in [7, 11) is -7.64. The Balaban J connectivity index is 1.55. The highest BCUT2D eigenvalue weighted by Gasteiger charge is 2.28.